The molecule has 0 atom stereocenters. The molecular formula is C18H37N3O. The zero-order valence-corrected chi connectivity index (χ0v) is 15.6. The van der Waals surface area contributed by atoms with Gasteiger partial charge in [0.15, 0.2) is 5.96 Å². The fourth-order valence-electron chi connectivity index (χ4n) is 3.50. The van der Waals surface area contributed by atoms with E-state index in [0.29, 0.717) is 5.41 Å². The summed E-state index contributed by atoms with van der Waals surface area (Å²) in [5.74, 6) is 1.65. The summed E-state index contributed by atoms with van der Waals surface area (Å²) in [6.45, 7) is 12.0. The van der Waals surface area contributed by atoms with Gasteiger partial charge in [-0.1, -0.05) is 34.1 Å². The fourth-order valence-corrected chi connectivity index (χ4v) is 3.50. The molecule has 0 saturated heterocycles. The van der Waals surface area contributed by atoms with Crippen LogP contribution in [0.2, 0.25) is 0 Å². The molecule has 0 aromatic rings. The topological polar surface area (TPSA) is 45.7 Å². The van der Waals surface area contributed by atoms with Gasteiger partial charge in [-0.05, 0) is 42.4 Å². The van der Waals surface area contributed by atoms with Crippen LogP contribution in [0.25, 0.3) is 0 Å². The zero-order valence-electron chi connectivity index (χ0n) is 15.6. The van der Waals surface area contributed by atoms with E-state index in [1.807, 2.05) is 7.05 Å². The highest BCUT2D eigenvalue weighted by Crippen LogP contribution is 2.43. The lowest BCUT2D eigenvalue weighted by Gasteiger charge is -2.42. The summed E-state index contributed by atoms with van der Waals surface area (Å²) in [4.78, 5) is 4.38. The number of nitrogens with zero attached hydrogens (tertiary/aromatic N) is 1. The highest BCUT2D eigenvalue weighted by atomic mass is 16.5. The number of aliphatic imine (C=N–C) groups is 1. The number of methoxy groups -OCH3 is 1. The molecule has 1 fully saturated rings. The van der Waals surface area contributed by atoms with Gasteiger partial charge in [-0.25, -0.2) is 0 Å². The largest absolute Gasteiger partial charge is 0.385 e. The molecule has 22 heavy (non-hydrogen) atoms. The van der Waals surface area contributed by atoms with Gasteiger partial charge in [-0.15, -0.1) is 0 Å². The van der Waals surface area contributed by atoms with Crippen LogP contribution < -0.4 is 10.6 Å². The first-order valence-corrected chi connectivity index (χ1v) is 8.76. The first kappa shape index (κ1) is 19.3. The molecule has 4 nitrogen and oxygen atoms in total. The van der Waals surface area contributed by atoms with Gasteiger partial charge < -0.3 is 15.4 Å². The van der Waals surface area contributed by atoms with Gasteiger partial charge in [0.25, 0.3) is 0 Å². The van der Waals surface area contributed by atoms with Crippen LogP contribution in [0.5, 0.6) is 0 Å². The van der Waals surface area contributed by atoms with E-state index < -0.39 is 0 Å². The molecule has 1 aliphatic rings. The summed E-state index contributed by atoms with van der Waals surface area (Å²) in [7, 11) is 3.64. The highest BCUT2D eigenvalue weighted by molar-refractivity contribution is 5.79. The Kier molecular flexibility index (Phi) is 7.67. The third-order valence-electron chi connectivity index (χ3n) is 4.80. The molecule has 0 aromatic carbocycles. The Morgan fingerprint density at radius 2 is 1.95 bits per heavy atom. The second-order valence-electron chi connectivity index (χ2n) is 8.14. The molecule has 0 amide bonds. The lowest BCUT2D eigenvalue weighted by Crippen LogP contribution is -2.48. The van der Waals surface area contributed by atoms with Crippen LogP contribution in [0.3, 0.4) is 0 Å². The van der Waals surface area contributed by atoms with Crippen molar-refractivity contribution in [2.75, 3.05) is 33.9 Å². The van der Waals surface area contributed by atoms with Crippen LogP contribution in [-0.2, 0) is 4.74 Å². The van der Waals surface area contributed by atoms with Crippen LogP contribution in [-0.4, -0.2) is 39.8 Å². The van der Waals surface area contributed by atoms with Crippen LogP contribution in [0.1, 0.15) is 59.8 Å². The van der Waals surface area contributed by atoms with Gasteiger partial charge in [0.2, 0.25) is 0 Å². The molecule has 0 unspecified atom stereocenters. The van der Waals surface area contributed by atoms with E-state index in [2.05, 4.69) is 43.3 Å². The van der Waals surface area contributed by atoms with Gasteiger partial charge in [0.1, 0.15) is 0 Å². The van der Waals surface area contributed by atoms with E-state index in [-0.39, 0.29) is 5.41 Å². The fraction of sp³-hybridized carbons (Fsp3) is 0.944. The maximum Gasteiger partial charge on any atom is 0.191 e. The third-order valence-corrected chi connectivity index (χ3v) is 4.80. The number of guanidine groups is 1. The molecule has 4 heteroatoms. The molecular weight excluding hydrogens is 274 g/mol. The quantitative estimate of drug-likeness (QED) is 0.506. The highest BCUT2D eigenvalue weighted by Gasteiger charge is 2.36. The van der Waals surface area contributed by atoms with Crippen molar-refractivity contribution >= 4 is 5.96 Å². The Morgan fingerprint density at radius 3 is 2.41 bits per heavy atom. The Hall–Kier alpha value is -0.770. The maximum absolute atomic E-state index is 5.26. The Balaban J connectivity index is 2.39. The SMILES string of the molecule is CN=C(NCC(C)(C)CC(C)C)NCC1(CCOC)CCC1. The van der Waals surface area contributed by atoms with E-state index in [9.17, 15) is 0 Å². The van der Waals surface area contributed by atoms with Gasteiger partial charge >= 0.3 is 0 Å². The van der Waals surface area contributed by atoms with Crippen molar-refractivity contribution in [3.05, 3.63) is 0 Å². The lowest BCUT2D eigenvalue weighted by atomic mass is 9.67. The number of rotatable bonds is 9. The monoisotopic (exact) mass is 311 g/mol. The second-order valence-corrected chi connectivity index (χ2v) is 8.14. The Labute approximate surface area is 137 Å². The first-order valence-electron chi connectivity index (χ1n) is 8.76. The van der Waals surface area contributed by atoms with Crippen molar-refractivity contribution in [1.29, 1.82) is 0 Å². The zero-order chi connectivity index (χ0) is 16.6. The third kappa shape index (κ3) is 6.55. The summed E-state index contributed by atoms with van der Waals surface area (Å²) in [6, 6.07) is 0. The molecule has 2 N–H and O–H groups in total. The summed E-state index contributed by atoms with van der Waals surface area (Å²) in [5.41, 5.74) is 0.705. The number of nitrogens with one attached hydrogen (secondary N) is 2. The predicted molar refractivity (Wildman–Crippen MR) is 95.4 cm³/mol. The standard InChI is InChI=1S/C18H37N3O/c1-15(2)12-17(3,4)13-20-16(19-5)21-14-18(8-7-9-18)10-11-22-6/h15H,7-14H2,1-6H3,(H2,19,20,21). The minimum absolute atomic E-state index is 0.288. The Bertz CT molecular complexity index is 346. The molecule has 130 valence electrons. The first-order chi connectivity index (χ1) is 10.3. The number of ether oxygens (including phenoxy) is 1. The molecule has 0 spiro atoms. The van der Waals surface area contributed by atoms with Gasteiger partial charge in [-0.3, -0.25) is 4.99 Å². The van der Waals surface area contributed by atoms with E-state index in [1.54, 1.807) is 7.11 Å². The minimum atomic E-state index is 0.288. The van der Waals surface area contributed by atoms with E-state index in [1.165, 1.54) is 25.7 Å². The van der Waals surface area contributed by atoms with Crippen molar-refractivity contribution in [2.45, 2.75) is 59.8 Å². The van der Waals surface area contributed by atoms with E-state index in [0.717, 1.165) is 38.0 Å². The van der Waals surface area contributed by atoms with E-state index >= 15 is 0 Å². The van der Waals surface area contributed by atoms with Gasteiger partial charge in [-0.2, -0.15) is 0 Å². The summed E-state index contributed by atoms with van der Waals surface area (Å²) >= 11 is 0. The van der Waals surface area contributed by atoms with Crippen molar-refractivity contribution < 1.29 is 4.74 Å². The van der Waals surface area contributed by atoms with Crippen molar-refractivity contribution in [3.63, 3.8) is 0 Å². The molecule has 1 saturated carbocycles. The molecule has 0 bridgehead atoms. The van der Waals surface area contributed by atoms with Gasteiger partial charge in [0.05, 0.1) is 0 Å². The molecule has 0 aliphatic heterocycles. The lowest BCUT2D eigenvalue weighted by molar-refractivity contribution is 0.0732. The predicted octanol–water partition coefficient (Wildman–Crippen LogP) is 3.43. The van der Waals surface area contributed by atoms with Crippen LogP contribution in [0.4, 0.5) is 0 Å². The van der Waals surface area contributed by atoms with Crippen molar-refractivity contribution in [3.8, 4) is 0 Å². The maximum atomic E-state index is 5.26. The van der Waals surface area contributed by atoms with Crippen LogP contribution >= 0.6 is 0 Å². The average Bonchev–Trinajstić information content (AvgIpc) is 2.38. The summed E-state index contributed by atoms with van der Waals surface area (Å²) < 4.78 is 5.26. The molecule has 1 rings (SSSR count). The van der Waals surface area contributed by atoms with E-state index in [4.69, 9.17) is 4.74 Å². The molecule has 0 radical (unpaired) electrons. The molecule has 0 aromatic heterocycles. The summed E-state index contributed by atoms with van der Waals surface area (Å²) in [6.07, 6.45) is 6.32. The van der Waals surface area contributed by atoms with Gasteiger partial charge in [0, 0.05) is 33.9 Å². The molecule has 0 heterocycles. The summed E-state index contributed by atoms with van der Waals surface area (Å²) in [5, 5.41) is 7.03. The van der Waals surface area contributed by atoms with Crippen LogP contribution in [0, 0.1) is 16.7 Å². The molecule has 1 aliphatic carbocycles. The smallest absolute Gasteiger partial charge is 0.191 e. The van der Waals surface area contributed by atoms with Crippen molar-refractivity contribution in [1.82, 2.24) is 10.6 Å². The second kappa shape index (κ2) is 8.76. The van der Waals surface area contributed by atoms with Crippen LogP contribution in [0.15, 0.2) is 4.99 Å². The number of hydrogen-bond donors (Lipinski definition) is 2. The minimum Gasteiger partial charge on any atom is -0.385 e. The Morgan fingerprint density at radius 1 is 1.27 bits per heavy atom. The number of hydrogen-bond acceptors (Lipinski definition) is 2. The van der Waals surface area contributed by atoms with Crippen molar-refractivity contribution in [2.24, 2.45) is 21.7 Å². The average molecular weight is 312 g/mol. The normalized spacial score (nSPS) is 18.2.